The number of carbonyl (C=O) groups is 1. The third-order valence-corrected chi connectivity index (χ3v) is 3.48. The van der Waals surface area contributed by atoms with Crippen LogP contribution in [0.4, 0.5) is 10.1 Å². The van der Waals surface area contributed by atoms with E-state index < -0.39 is 21.7 Å². The van der Waals surface area contributed by atoms with Crippen LogP contribution in [0.3, 0.4) is 0 Å². The molecule has 1 heterocycles. The van der Waals surface area contributed by atoms with Crippen molar-refractivity contribution in [2.24, 2.45) is 0 Å². The Bertz CT molecular complexity index is 586. The van der Waals surface area contributed by atoms with E-state index >= 15 is 0 Å². The Labute approximate surface area is 110 Å². The van der Waals surface area contributed by atoms with Gasteiger partial charge in [0.15, 0.2) is 15.6 Å². The molecule has 0 saturated heterocycles. The van der Waals surface area contributed by atoms with Crippen LogP contribution in [0.15, 0.2) is 24.3 Å². The predicted molar refractivity (Wildman–Crippen MR) is 68.0 cm³/mol. The minimum Gasteiger partial charge on any atom is -0.493 e. The first-order chi connectivity index (χ1) is 8.88. The van der Waals surface area contributed by atoms with E-state index in [0.717, 1.165) is 17.7 Å². The van der Waals surface area contributed by atoms with Crippen molar-refractivity contribution in [3.05, 3.63) is 30.2 Å². The smallest absolute Gasteiger partial charge is 0.225 e. The Balaban J connectivity index is 2.72. The van der Waals surface area contributed by atoms with Gasteiger partial charge >= 0.3 is 0 Å². The Hall–Kier alpha value is -1.96. The topological polar surface area (TPSA) is 85.4 Å². The number of anilines is 1. The average molecular weight is 288 g/mol. The SMILES string of the molecule is C=CS(=O)(=O)CCC(=O)Nc1cc(F)ncc1OC. The van der Waals surface area contributed by atoms with Crippen molar-refractivity contribution < 1.29 is 22.3 Å². The number of carbonyl (C=O) groups excluding carboxylic acids is 1. The van der Waals surface area contributed by atoms with Gasteiger partial charge in [-0.15, -0.1) is 0 Å². The van der Waals surface area contributed by atoms with Crippen LogP contribution in [0, 0.1) is 5.95 Å². The Morgan fingerprint density at radius 2 is 2.32 bits per heavy atom. The number of aromatic nitrogens is 1. The van der Waals surface area contributed by atoms with Crippen LogP contribution < -0.4 is 10.1 Å². The summed E-state index contributed by atoms with van der Waals surface area (Å²) in [5.41, 5.74) is 0.0935. The van der Waals surface area contributed by atoms with Gasteiger partial charge in [-0.1, -0.05) is 6.58 Å². The fraction of sp³-hybridized carbons (Fsp3) is 0.273. The first kappa shape index (κ1) is 15.1. The summed E-state index contributed by atoms with van der Waals surface area (Å²) in [5, 5.41) is 3.14. The molecule has 19 heavy (non-hydrogen) atoms. The Morgan fingerprint density at radius 1 is 1.63 bits per heavy atom. The number of halogens is 1. The van der Waals surface area contributed by atoms with Crippen molar-refractivity contribution >= 4 is 21.4 Å². The zero-order valence-electron chi connectivity index (χ0n) is 10.2. The van der Waals surface area contributed by atoms with Gasteiger partial charge in [-0.05, 0) is 0 Å². The van der Waals surface area contributed by atoms with E-state index in [1.807, 2.05) is 0 Å². The standard InChI is InChI=1S/C11H13FN2O4S/c1-3-19(16,17)5-4-11(15)14-8-6-10(12)13-7-9(8)18-2/h3,6-7H,1,4-5H2,2H3,(H,13,14,15). The van der Waals surface area contributed by atoms with Crippen LogP contribution in [0.25, 0.3) is 0 Å². The number of pyridine rings is 1. The van der Waals surface area contributed by atoms with Gasteiger partial charge in [0.25, 0.3) is 0 Å². The van der Waals surface area contributed by atoms with Crippen LogP contribution >= 0.6 is 0 Å². The number of amides is 1. The second kappa shape index (κ2) is 6.28. The number of ether oxygens (including phenoxy) is 1. The summed E-state index contributed by atoms with van der Waals surface area (Å²) in [7, 11) is -2.11. The molecule has 1 aromatic heterocycles. The lowest BCUT2D eigenvalue weighted by atomic mass is 10.3. The van der Waals surface area contributed by atoms with E-state index in [2.05, 4.69) is 16.9 Å². The molecule has 0 aliphatic carbocycles. The fourth-order valence-corrected chi connectivity index (χ4v) is 1.85. The average Bonchev–Trinajstić information content (AvgIpc) is 2.37. The summed E-state index contributed by atoms with van der Waals surface area (Å²) < 4.78 is 40.1. The van der Waals surface area contributed by atoms with Gasteiger partial charge in [-0.3, -0.25) is 4.79 Å². The minimum atomic E-state index is -3.45. The van der Waals surface area contributed by atoms with E-state index in [-0.39, 0.29) is 23.6 Å². The predicted octanol–water partition coefficient (Wildman–Crippen LogP) is 1.12. The molecule has 1 amide bonds. The molecule has 104 valence electrons. The van der Waals surface area contributed by atoms with Gasteiger partial charge in [0, 0.05) is 17.9 Å². The highest BCUT2D eigenvalue weighted by molar-refractivity contribution is 7.94. The molecule has 1 N–H and O–H groups in total. The summed E-state index contributed by atoms with van der Waals surface area (Å²) in [6.45, 7) is 3.14. The monoisotopic (exact) mass is 288 g/mol. The first-order valence-electron chi connectivity index (χ1n) is 5.22. The van der Waals surface area contributed by atoms with Crippen LogP contribution in [-0.4, -0.2) is 32.2 Å². The van der Waals surface area contributed by atoms with E-state index in [9.17, 15) is 17.6 Å². The molecule has 0 atom stereocenters. The van der Waals surface area contributed by atoms with Crippen molar-refractivity contribution in [2.45, 2.75) is 6.42 Å². The maximum atomic E-state index is 12.9. The molecule has 0 aliphatic rings. The quantitative estimate of drug-likeness (QED) is 0.793. The Kier molecular flexibility index (Phi) is 4.99. The van der Waals surface area contributed by atoms with Gasteiger partial charge in [-0.25, -0.2) is 13.4 Å². The van der Waals surface area contributed by atoms with Crippen molar-refractivity contribution in [2.75, 3.05) is 18.2 Å². The third kappa shape index (κ3) is 4.66. The second-order valence-corrected chi connectivity index (χ2v) is 5.61. The zero-order valence-corrected chi connectivity index (χ0v) is 11.0. The van der Waals surface area contributed by atoms with E-state index in [4.69, 9.17) is 4.74 Å². The van der Waals surface area contributed by atoms with Crippen LogP contribution in [0.1, 0.15) is 6.42 Å². The van der Waals surface area contributed by atoms with Gasteiger partial charge in [0.2, 0.25) is 11.9 Å². The van der Waals surface area contributed by atoms with Crippen LogP contribution in [0.5, 0.6) is 5.75 Å². The molecule has 0 aromatic carbocycles. The van der Waals surface area contributed by atoms with Gasteiger partial charge < -0.3 is 10.1 Å². The van der Waals surface area contributed by atoms with E-state index in [1.54, 1.807) is 0 Å². The molecule has 1 rings (SSSR count). The number of nitrogens with one attached hydrogen (secondary N) is 1. The normalized spacial score (nSPS) is 10.8. The molecule has 0 fully saturated rings. The molecule has 6 nitrogen and oxygen atoms in total. The lowest BCUT2D eigenvalue weighted by Gasteiger charge is -2.09. The van der Waals surface area contributed by atoms with Gasteiger partial charge in [0.05, 0.1) is 24.7 Å². The molecule has 0 aliphatic heterocycles. The van der Waals surface area contributed by atoms with Gasteiger partial charge in [-0.2, -0.15) is 4.39 Å². The summed E-state index contributed by atoms with van der Waals surface area (Å²) in [6.07, 6.45) is 0.854. The number of hydrogen-bond acceptors (Lipinski definition) is 5. The van der Waals surface area contributed by atoms with E-state index in [1.165, 1.54) is 7.11 Å². The number of rotatable bonds is 6. The van der Waals surface area contributed by atoms with Crippen LogP contribution in [0.2, 0.25) is 0 Å². The lowest BCUT2D eigenvalue weighted by molar-refractivity contribution is -0.115. The molecule has 0 spiro atoms. The maximum absolute atomic E-state index is 12.9. The number of sulfone groups is 1. The summed E-state index contributed by atoms with van der Waals surface area (Å²) >= 11 is 0. The number of methoxy groups -OCH3 is 1. The van der Waals surface area contributed by atoms with Crippen molar-refractivity contribution in [3.8, 4) is 5.75 Å². The summed E-state index contributed by atoms with van der Waals surface area (Å²) in [5.74, 6) is -1.54. The Morgan fingerprint density at radius 3 is 2.89 bits per heavy atom. The molecule has 0 unspecified atom stereocenters. The van der Waals surface area contributed by atoms with Crippen molar-refractivity contribution in [1.82, 2.24) is 4.98 Å². The molecule has 0 saturated carbocycles. The van der Waals surface area contributed by atoms with E-state index in [0.29, 0.717) is 0 Å². The highest BCUT2D eigenvalue weighted by Gasteiger charge is 2.12. The molecular weight excluding hydrogens is 275 g/mol. The molecular formula is C11H13FN2O4S. The summed E-state index contributed by atoms with van der Waals surface area (Å²) in [4.78, 5) is 14.9. The number of hydrogen-bond donors (Lipinski definition) is 1. The highest BCUT2D eigenvalue weighted by atomic mass is 32.2. The zero-order chi connectivity index (χ0) is 14.5. The van der Waals surface area contributed by atoms with Crippen molar-refractivity contribution in [1.29, 1.82) is 0 Å². The molecule has 0 radical (unpaired) electrons. The fourth-order valence-electron chi connectivity index (χ4n) is 1.21. The second-order valence-electron chi connectivity index (χ2n) is 3.54. The largest absolute Gasteiger partial charge is 0.493 e. The molecule has 1 aromatic rings. The molecule has 0 bridgehead atoms. The molecule has 8 heteroatoms. The number of nitrogens with zero attached hydrogens (tertiary/aromatic N) is 1. The summed E-state index contributed by atoms with van der Waals surface area (Å²) in [6, 6.07) is 0.985. The highest BCUT2D eigenvalue weighted by Crippen LogP contribution is 2.23. The maximum Gasteiger partial charge on any atom is 0.225 e. The lowest BCUT2D eigenvalue weighted by Crippen LogP contribution is -2.16. The van der Waals surface area contributed by atoms with Gasteiger partial charge in [0.1, 0.15) is 0 Å². The third-order valence-electron chi connectivity index (χ3n) is 2.20. The van der Waals surface area contributed by atoms with Crippen LogP contribution in [-0.2, 0) is 14.6 Å². The van der Waals surface area contributed by atoms with Crippen molar-refractivity contribution in [3.63, 3.8) is 0 Å². The first-order valence-corrected chi connectivity index (χ1v) is 6.94. The minimum absolute atomic E-state index is 0.0935.